The van der Waals surface area contributed by atoms with Crippen LogP contribution in [-0.4, -0.2) is 15.9 Å². The molecular formula is C16H20FN3. The summed E-state index contributed by atoms with van der Waals surface area (Å²) in [5, 5.41) is 0. The van der Waals surface area contributed by atoms with E-state index in [4.69, 9.17) is 5.73 Å². The zero-order valence-corrected chi connectivity index (χ0v) is 11.9. The van der Waals surface area contributed by atoms with Gasteiger partial charge in [-0.3, -0.25) is 9.88 Å². The van der Waals surface area contributed by atoms with Gasteiger partial charge in [-0.15, -0.1) is 0 Å². The Morgan fingerprint density at radius 1 is 1.10 bits per heavy atom. The summed E-state index contributed by atoms with van der Waals surface area (Å²) >= 11 is 0. The largest absolute Gasteiger partial charge is 0.399 e. The lowest BCUT2D eigenvalue weighted by atomic mass is 10.1. The van der Waals surface area contributed by atoms with Crippen molar-refractivity contribution in [1.82, 2.24) is 9.88 Å². The maximum absolute atomic E-state index is 13.2. The van der Waals surface area contributed by atoms with Gasteiger partial charge in [-0.05, 0) is 43.2 Å². The number of nitrogens with zero attached hydrogens (tertiary/aromatic N) is 2. The Labute approximate surface area is 119 Å². The first-order valence-corrected chi connectivity index (χ1v) is 6.72. The van der Waals surface area contributed by atoms with Gasteiger partial charge in [0, 0.05) is 31.0 Å². The zero-order chi connectivity index (χ0) is 14.5. The summed E-state index contributed by atoms with van der Waals surface area (Å²) < 4.78 is 13.2. The number of halogens is 1. The van der Waals surface area contributed by atoms with E-state index in [1.807, 2.05) is 24.3 Å². The predicted molar refractivity (Wildman–Crippen MR) is 79.4 cm³/mol. The minimum absolute atomic E-state index is 0.293. The predicted octanol–water partition coefficient (Wildman–Crippen LogP) is 3.21. The van der Waals surface area contributed by atoms with Crippen LogP contribution in [0, 0.1) is 5.82 Å². The summed E-state index contributed by atoms with van der Waals surface area (Å²) in [4.78, 5) is 6.16. The Kier molecular flexibility index (Phi) is 4.69. The molecule has 2 N–H and O–H groups in total. The lowest BCUT2D eigenvalue weighted by Crippen LogP contribution is -2.29. The van der Waals surface area contributed by atoms with E-state index in [-0.39, 0.29) is 5.82 Å². The minimum Gasteiger partial charge on any atom is -0.399 e. The third-order valence-corrected chi connectivity index (χ3v) is 3.24. The van der Waals surface area contributed by atoms with Crippen molar-refractivity contribution in [3.05, 3.63) is 59.7 Å². The summed E-state index contributed by atoms with van der Waals surface area (Å²) in [6.45, 7) is 5.73. The first-order chi connectivity index (χ1) is 9.54. The molecule has 0 aliphatic carbocycles. The number of rotatable bonds is 5. The van der Waals surface area contributed by atoms with Crippen LogP contribution in [0.1, 0.15) is 25.0 Å². The molecular weight excluding hydrogens is 253 g/mol. The first-order valence-electron chi connectivity index (χ1n) is 6.72. The Morgan fingerprint density at radius 3 is 2.35 bits per heavy atom. The molecule has 3 nitrogen and oxygen atoms in total. The SMILES string of the molecule is CC(C)N(Cc1ccc(N)cc1)Cc1cncc(F)c1. The molecule has 0 atom stereocenters. The van der Waals surface area contributed by atoms with E-state index < -0.39 is 0 Å². The van der Waals surface area contributed by atoms with E-state index in [1.165, 1.54) is 17.8 Å². The van der Waals surface area contributed by atoms with Crippen molar-refractivity contribution in [3.8, 4) is 0 Å². The molecule has 2 aromatic rings. The Balaban J connectivity index is 2.09. The molecule has 1 heterocycles. The molecule has 1 aromatic carbocycles. The van der Waals surface area contributed by atoms with Gasteiger partial charge in [0.25, 0.3) is 0 Å². The normalized spacial score (nSPS) is 11.2. The molecule has 0 unspecified atom stereocenters. The highest BCUT2D eigenvalue weighted by atomic mass is 19.1. The Morgan fingerprint density at radius 2 is 1.75 bits per heavy atom. The monoisotopic (exact) mass is 273 g/mol. The zero-order valence-electron chi connectivity index (χ0n) is 11.9. The molecule has 1 aromatic heterocycles. The van der Waals surface area contributed by atoms with Crippen LogP contribution in [0.3, 0.4) is 0 Å². The summed E-state index contributed by atoms with van der Waals surface area (Å²) in [5.41, 5.74) is 8.53. The molecule has 0 amide bonds. The fourth-order valence-corrected chi connectivity index (χ4v) is 2.06. The van der Waals surface area contributed by atoms with Gasteiger partial charge in [0.1, 0.15) is 5.82 Å². The molecule has 0 saturated carbocycles. The summed E-state index contributed by atoms with van der Waals surface area (Å²) in [6, 6.07) is 9.74. The van der Waals surface area contributed by atoms with Gasteiger partial charge in [-0.2, -0.15) is 0 Å². The van der Waals surface area contributed by atoms with Crippen molar-refractivity contribution in [1.29, 1.82) is 0 Å². The minimum atomic E-state index is -0.293. The molecule has 0 aliphatic heterocycles. The highest BCUT2D eigenvalue weighted by Gasteiger charge is 2.11. The lowest BCUT2D eigenvalue weighted by Gasteiger charge is -2.26. The van der Waals surface area contributed by atoms with Gasteiger partial charge in [-0.1, -0.05) is 12.1 Å². The molecule has 20 heavy (non-hydrogen) atoms. The number of anilines is 1. The second-order valence-electron chi connectivity index (χ2n) is 5.25. The number of hydrogen-bond donors (Lipinski definition) is 1. The topological polar surface area (TPSA) is 42.1 Å². The number of benzene rings is 1. The quantitative estimate of drug-likeness (QED) is 0.851. The van der Waals surface area contributed by atoms with E-state index in [9.17, 15) is 4.39 Å². The molecule has 0 fully saturated rings. The second-order valence-corrected chi connectivity index (χ2v) is 5.25. The van der Waals surface area contributed by atoms with Crippen LogP contribution in [0.5, 0.6) is 0 Å². The van der Waals surface area contributed by atoms with Gasteiger partial charge in [0.05, 0.1) is 6.20 Å². The van der Waals surface area contributed by atoms with E-state index in [2.05, 4.69) is 23.7 Å². The number of hydrogen-bond acceptors (Lipinski definition) is 3. The maximum atomic E-state index is 13.2. The first kappa shape index (κ1) is 14.5. The fourth-order valence-electron chi connectivity index (χ4n) is 2.06. The number of nitrogens with two attached hydrogens (primary N) is 1. The van der Waals surface area contributed by atoms with Gasteiger partial charge in [0.2, 0.25) is 0 Å². The highest BCUT2D eigenvalue weighted by Crippen LogP contribution is 2.14. The van der Waals surface area contributed by atoms with Crippen LogP contribution < -0.4 is 5.73 Å². The highest BCUT2D eigenvalue weighted by molar-refractivity contribution is 5.39. The lowest BCUT2D eigenvalue weighted by molar-refractivity contribution is 0.203. The molecule has 4 heteroatoms. The summed E-state index contributed by atoms with van der Waals surface area (Å²) in [5.74, 6) is -0.293. The van der Waals surface area contributed by atoms with Crippen molar-refractivity contribution in [2.24, 2.45) is 0 Å². The number of aromatic nitrogens is 1. The second kappa shape index (κ2) is 6.48. The number of nitrogen functional groups attached to an aromatic ring is 1. The van der Waals surface area contributed by atoms with Gasteiger partial charge < -0.3 is 5.73 Å². The molecule has 106 valence electrons. The van der Waals surface area contributed by atoms with Crippen LogP contribution in [0.2, 0.25) is 0 Å². The van der Waals surface area contributed by atoms with Crippen LogP contribution >= 0.6 is 0 Å². The van der Waals surface area contributed by atoms with E-state index in [0.29, 0.717) is 12.6 Å². The van der Waals surface area contributed by atoms with Crippen molar-refractivity contribution in [2.75, 3.05) is 5.73 Å². The molecule has 0 spiro atoms. The molecule has 0 saturated heterocycles. The van der Waals surface area contributed by atoms with Crippen molar-refractivity contribution < 1.29 is 4.39 Å². The average Bonchev–Trinajstić information content (AvgIpc) is 2.40. The summed E-state index contributed by atoms with van der Waals surface area (Å²) in [7, 11) is 0. The van der Waals surface area contributed by atoms with Crippen molar-refractivity contribution >= 4 is 5.69 Å². The Bertz CT molecular complexity index is 552. The van der Waals surface area contributed by atoms with Crippen LogP contribution in [0.25, 0.3) is 0 Å². The van der Waals surface area contributed by atoms with Gasteiger partial charge in [-0.25, -0.2) is 4.39 Å². The standard InChI is InChI=1S/C16H20FN3/c1-12(2)20(10-13-3-5-16(18)6-4-13)11-14-7-15(17)9-19-8-14/h3-9,12H,10-11,18H2,1-2H3. The Hall–Kier alpha value is -1.94. The molecule has 0 radical (unpaired) electrons. The van der Waals surface area contributed by atoms with Crippen molar-refractivity contribution in [3.63, 3.8) is 0 Å². The molecule has 0 bridgehead atoms. The fraction of sp³-hybridized carbons (Fsp3) is 0.312. The molecule has 0 aliphatic rings. The van der Waals surface area contributed by atoms with Gasteiger partial charge in [0.15, 0.2) is 0 Å². The van der Waals surface area contributed by atoms with Gasteiger partial charge >= 0.3 is 0 Å². The molecule has 2 rings (SSSR count). The van der Waals surface area contributed by atoms with E-state index in [1.54, 1.807) is 6.20 Å². The smallest absolute Gasteiger partial charge is 0.141 e. The van der Waals surface area contributed by atoms with E-state index in [0.717, 1.165) is 17.8 Å². The third kappa shape index (κ3) is 4.03. The number of pyridine rings is 1. The van der Waals surface area contributed by atoms with Crippen LogP contribution in [-0.2, 0) is 13.1 Å². The van der Waals surface area contributed by atoms with E-state index >= 15 is 0 Å². The third-order valence-electron chi connectivity index (χ3n) is 3.24. The summed E-state index contributed by atoms with van der Waals surface area (Å²) in [6.07, 6.45) is 2.94. The maximum Gasteiger partial charge on any atom is 0.141 e. The van der Waals surface area contributed by atoms with Crippen LogP contribution in [0.4, 0.5) is 10.1 Å². The average molecular weight is 273 g/mol. The van der Waals surface area contributed by atoms with Crippen LogP contribution in [0.15, 0.2) is 42.7 Å². The van der Waals surface area contributed by atoms with Crippen molar-refractivity contribution in [2.45, 2.75) is 33.0 Å².